The molecule has 2 aromatic carbocycles. The molecule has 3 aromatic rings. The number of hydrogen-bond acceptors (Lipinski definition) is 3. The van der Waals surface area contributed by atoms with E-state index in [0.29, 0.717) is 16.6 Å². The zero-order valence-electron chi connectivity index (χ0n) is 27.5. The Morgan fingerprint density at radius 2 is 1.49 bits per heavy atom. The SMILES string of the molecule is CC1(C)CCC(C(=O)/C=C(\O)C2CCC(C)(C)CC2)CC1.Cc1[c-]c(-c2nccc3c[c]([Sb]([CH3])[CH3])ccc23)cc(C)c1.[Ir]. The van der Waals surface area contributed by atoms with E-state index >= 15 is 0 Å². The molecule has 5 heteroatoms. The number of benzene rings is 2. The molecule has 2 fully saturated rings. The average Bonchev–Trinajstić information content (AvgIpc) is 2.92. The van der Waals surface area contributed by atoms with Crippen LogP contribution in [0.4, 0.5) is 0 Å². The van der Waals surface area contributed by atoms with Gasteiger partial charge in [0.15, 0.2) is 5.78 Å². The number of nitrogens with zero attached hydrogens (tertiary/aromatic N) is 1. The fourth-order valence-corrected chi connectivity index (χ4v) is 8.64. The second kappa shape index (κ2) is 15.2. The number of pyridine rings is 1. The molecular formula is C38H51IrNO2Sb-. The van der Waals surface area contributed by atoms with E-state index in [1.165, 1.54) is 16.3 Å². The van der Waals surface area contributed by atoms with Gasteiger partial charge in [0.05, 0.1) is 5.76 Å². The van der Waals surface area contributed by atoms with Gasteiger partial charge in [-0.25, -0.2) is 0 Å². The van der Waals surface area contributed by atoms with Gasteiger partial charge in [-0.3, -0.25) is 4.79 Å². The van der Waals surface area contributed by atoms with Gasteiger partial charge in [-0.1, -0.05) is 27.7 Å². The van der Waals surface area contributed by atoms with Crippen molar-refractivity contribution in [3.63, 3.8) is 0 Å². The Kier molecular flexibility index (Phi) is 12.7. The molecule has 235 valence electrons. The number of carbonyl (C=O) groups excluding carboxylic acids is 1. The summed E-state index contributed by atoms with van der Waals surface area (Å²) in [7, 11) is 0. The number of ketones is 1. The summed E-state index contributed by atoms with van der Waals surface area (Å²) in [5.74, 6) is 0.857. The monoisotopic (exact) mass is 867 g/mol. The summed E-state index contributed by atoms with van der Waals surface area (Å²) in [6, 6.07) is 16.8. The molecule has 0 saturated heterocycles. The Labute approximate surface area is 281 Å². The van der Waals surface area contributed by atoms with Gasteiger partial charge in [-0.15, -0.1) is 0 Å². The van der Waals surface area contributed by atoms with E-state index in [-0.39, 0.29) is 37.7 Å². The molecule has 43 heavy (non-hydrogen) atoms. The first kappa shape index (κ1) is 36.0. The molecule has 5 rings (SSSR count). The number of carbonyl (C=O) groups is 1. The van der Waals surface area contributed by atoms with Gasteiger partial charge in [0.2, 0.25) is 0 Å². The van der Waals surface area contributed by atoms with Crippen molar-refractivity contribution in [2.24, 2.45) is 22.7 Å². The molecule has 0 atom stereocenters. The topological polar surface area (TPSA) is 50.2 Å². The Balaban J connectivity index is 0.000000230. The molecule has 1 aromatic heterocycles. The fraction of sp³-hybridized carbons (Fsp3) is 0.526. The smallest absolute Gasteiger partial charge is 0 e. The third kappa shape index (κ3) is 10.0. The van der Waals surface area contributed by atoms with Crippen LogP contribution >= 0.6 is 0 Å². The minimum absolute atomic E-state index is 0. The van der Waals surface area contributed by atoms with Gasteiger partial charge in [0, 0.05) is 38.0 Å². The van der Waals surface area contributed by atoms with Gasteiger partial charge in [-0.05, 0) is 62.2 Å². The second-order valence-electron chi connectivity index (χ2n) is 14.6. The van der Waals surface area contributed by atoms with E-state index in [0.717, 1.165) is 68.2 Å². The summed E-state index contributed by atoms with van der Waals surface area (Å²) in [6.45, 7) is 13.4. The number of hydrogen-bond donors (Lipinski definition) is 1. The van der Waals surface area contributed by atoms with E-state index in [1.54, 1.807) is 9.59 Å². The summed E-state index contributed by atoms with van der Waals surface area (Å²) in [6.07, 6.45) is 12.0. The van der Waals surface area contributed by atoms with Gasteiger partial charge < -0.3 is 5.11 Å². The number of aliphatic hydroxyl groups excluding tert-OH is 1. The number of aromatic nitrogens is 1. The first-order valence-corrected chi connectivity index (χ1v) is 22.1. The molecule has 1 heterocycles. The molecule has 1 radical (unpaired) electrons. The van der Waals surface area contributed by atoms with Crippen LogP contribution in [0.25, 0.3) is 22.0 Å². The molecule has 0 aliphatic heterocycles. The number of allylic oxidation sites excluding steroid dienone is 2. The second-order valence-corrected chi connectivity index (χ2v) is 21.1. The maximum absolute atomic E-state index is 12.4. The maximum atomic E-state index is 12.4. The van der Waals surface area contributed by atoms with Crippen LogP contribution in [0.1, 0.15) is 90.2 Å². The Morgan fingerprint density at radius 3 is 2.05 bits per heavy atom. The molecule has 0 amide bonds. The van der Waals surface area contributed by atoms with Crippen LogP contribution in [0.5, 0.6) is 0 Å². The number of aryl methyl sites for hydroxylation is 2. The average molecular weight is 868 g/mol. The zero-order valence-corrected chi connectivity index (χ0v) is 32.5. The van der Waals surface area contributed by atoms with Crippen molar-refractivity contribution in [2.45, 2.75) is 103 Å². The first-order valence-electron chi connectivity index (χ1n) is 15.7. The molecular weight excluding hydrogens is 816 g/mol. The number of aliphatic hydroxyl groups is 1. The predicted octanol–water partition coefficient (Wildman–Crippen LogP) is 9.71. The molecule has 2 saturated carbocycles. The normalized spacial score (nSPS) is 19.0. The van der Waals surface area contributed by atoms with E-state index < -0.39 is 20.2 Å². The van der Waals surface area contributed by atoms with Crippen molar-refractivity contribution < 1.29 is 30.0 Å². The summed E-state index contributed by atoms with van der Waals surface area (Å²) in [4.78, 5) is 21.8. The Bertz CT molecular complexity index is 1400. The van der Waals surface area contributed by atoms with Gasteiger partial charge in [0.25, 0.3) is 0 Å². The largest absolute Gasteiger partial charge is 0 e. The summed E-state index contributed by atoms with van der Waals surface area (Å²) < 4.78 is 1.55. The quantitative estimate of drug-likeness (QED) is 0.120. The first-order chi connectivity index (χ1) is 19.7. The Hall–Kier alpha value is -1.47. The molecule has 2 aliphatic carbocycles. The van der Waals surface area contributed by atoms with Crippen LogP contribution < -0.4 is 3.51 Å². The predicted molar refractivity (Wildman–Crippen MR) is 180 cm³/mol. The zero-order chi connectivity index (χ0) is 30.7. The van der Waals surface area contributed by atoms with Crippen LogP contribution in [0.3, 0.4) is 0 Å². The minimum Gasteiger partial charge on any atom is 0 e. The summed E-state index contributed by atoms with van der Waals surface area (Å²) >= 11 is -1.19. The van der Waals surface area contributed by atoms with Crippen molar-refractivity contribution in [1.29, 1.82) is 0 Å². The standard InChI is InChI=1S/C19H32O2.C17H13N.2CH3.Ir.Sb/c1-18(2)9-5-14(6-10-18)16(20)13-17(21)15-7-11-19(3,4)12-8-15;1-12-9-13(2)11-15(10-12)17-16-6-4-3-5-14(16)7-8-18-17;;;;/h13-15,20H,5-12H2,1-4H3;4-10H,1-2H3;2*1H3;;/q;-1;;;;/b16-13-;;;;;. The number of rotatable bonds is 5. The molecule has 0 spiro atoms. The van der Waals surface area contributed by atoms with Crippen LogP contribution in [-0.2, 0) is 24.9 Å². The minimum atomic E-state index is -1.19. The van der Waals surface area contributed by atoms with E-state index in [1.807, 2.05) is 6.20 Å². The van der Waals surface area contributed by atoms with Crippen LogP contribution in [0.2, 0.25) is 9.74 Å². The number of fused-ring (bicyclic) bond motifs is 1. The third-order valence-electron chi connectivity index (χ3n) is 9.46. The van der Waals surface area contributed by atoms with Crippen molar-refractivity contribution in [2.75, 3.05) is 0 Å². The van der Waals surface area contributed by atoms with E-state index in [4.69, 9.17) is 0 Å². The fourth-order valence-electron chi connectivity index (χ4n) is 6.44. The third-order valence-corrected chi connectivity index (χ3v) is 13.2. The van der Waals surface area contributed by atoms with Crippen LogP contribution in [0.15, 0.2) is 54.4 Å². The molecule has 3 nitrogen and oxygen atoms in total. The van der Waals surface area contributed by atoms with Gasteiger partial charge in [0.1, 0.15) is 0 Å². The van der Waals surface area contributed by atoms with Gasteiger partial charge >= 0.3 is 134 Å². The van der Waals surface area contributed by atoms with Crippen molar-refractivity contribution in [3.05, 3.63) is 71.6 Å². The van der Waals surface area contributed by atoms with E-state index in [9.17, 15) is 9.90 Å². The van der Waals surface area contributed by atoms with E-state index in [2.05, 4.69) is 98.7 Å². The van der Waals surface area contributed by atoms with Crippen molar-refractivity contribution >= 4 is 40.3 Å². The maximum Gasteiger partial charge on any atom is 0 e. The molecule has 0 bridgehead atoms. The van der Waals surface area contributed by atoms with Crippen LogP contribution in [0, 0.1) is 42.6 Å². The summed E-state index contributed by atoms with van der Waals surface area (Å²) in [5, 5.41) is 12.8. The molecule has 1 N–H and O–H groups in total. The summed E-state index contributed by atoms with van der Waals surface area (Å²) in [5.41, 5.74) is 5.34. The van der Waals surface area contributed by atoms with Crippen LogP contribution in [-0.4, -0.2) is 36.1 Å². The molecule has 0 unspecified atom stereocenters. The van der Waals surface area contributed by atoms with Crippen molar-refractivity contribution in [1.82, 2.24) is 4.98 Å². The molecule has 2 aliphatic rings. The Morgan fingerprint density at radius 1 is 0.907 bits per heavy atom. The van der Waals surface area contributed by atoms with Gasteiger partial charge in [-0.2, -0.15) is 0 Å². The van der Waals surface area contributed by atoms with Crippen molar-refractivity contribution in [3.8, 4) is 11.3 Å².